The zero-order valence-corrected chi connectivity index (χ0v) is 16.5. The van der Waals surface area contributed by atoms with Gasteiger partial charge in [0.1, 0.15) is 17.5 Å². The number of fused-ring (bicyclic) bond motifs is 1. The molecule has 0 spiro atoms. The maximum atomic E-state index is 12.6. The molecule has 0 unspecified atom stereocenters. The molecule has 1 saturated heterocycles. The number of nitrogens with zero attached hydrogens (tertiary/aromatic N) is 1. The van der Waals surface area contributed by atoms with Crippen molar-refractivity contribution >= 4 is 23.2 Å². The Morgan fingerprint density at radius 2 is 2.12 bits per heavy atom. The molecule has 26 heavy (non-hydrogen) atoms. The number of benzene rings is 1. The SMILES string of the molecule is CCC1(CC)Oc2ccc(C(=S)OC)cc2[C@H](N2CCCCC2=O)[C@H]1O. The summed E-state index contributed by atoms with van der Waals surface area (Å²) in [6, 6.07) is 5.22. The third-order valence-electron chi connectivity index (χ3n) is 5.79. The second-order valence-electron chi connectivity index (χ2n) is 7.05. The summed E-state index contributed by atoms with van der Waals surface area (Å²) in [6.07, 6.45) is 2.93. The molecule has 1 N–H and O–H groups in total. The van der Waals surface area contributed by atoms with E-state index in [1.54, 1.807) is 0 Å². The van der Waals surface area contributed by atoms with E-state index in [1.165, 1.54) is 7.11 Å². The Morgan fingerprint density at radius 1 is 1.38 bits per heavy atom. The number of likely N-dealkylation sites (tertiary alicyclic amines) is 1. The first-order chi connectivity index (χ1) is 12.5. The number of aliphatic hydroxyl groups excluding tert-OH is 1. The average molecular weight is 378 g/mol. The van der Waals surface area contributed by atoms with Crippen molar-refractivity contribution in [2.45, 2.75) is 63.7 Å². The summed E-state index contributed by atoms with van der Waals surface area (Å²) in [5, 5.41) is 11.7. The highest BCUT2D eigenvalue weighted by Gasteiger charge is 2.50. The predicted molar refractivity (Wildman–Crippen MR) is 103 cm³/mol. The Bertz CT molecular complexity index is 701. The highest BCUT2D eigenvalue weighted by molar-refractivity contribution is 7.80. The summed E-state index contributed by atoms with van der Waals surface area (Å²) in [5.41, 5.74) is 0.868. The number of carbonyl (C=O) groups excluding carboxylic acids is 1. The first-order valence-electron chi connectivity index (χ1n) is 9.36. The van der Waals surface area contributed by atoms with Gasteiger partial charge in [-0.2, -0.15) is 0 Å². The van der Waals surface area contributed by atoms with Crippen LogP contribution in [0.3, 0.4) is 0 Å². The average Bonchev–Trinajstić information content (AvgIpc) is 2.67. The fraction of sp³-hybridized carbons (Fsp3) is 0.600. The molecule has 2 atom stereocenters. The molecule has 0 aliphatic carbocycles. The summed E-state index contributed by atoms with van der Waals surface area (Å²) < 4.78 is 11.5. The maximum absolute atomic E-state index is 12.6. The summed E-state index contributed by atoms with van der Waals surface area (Å²) in [7, 11) is 1.54. The molecule has 2 aliphatic rings. The van der Waals surface area contributed by atoms with Gasteiger partial charge in [0.05, 0.1) is 13.2 Å². The molecule has 1 aromatic carbocycles. The van der Waals surface area contributed by atoms with Crippen LogP contribution in [0.5, 0.6) is 5.75 Å². The molecule has 0 radical (unpaired) electrons. The van der Waals surface area contributed by atoms with Crippen LogP contribution >= 0.6 is 12.2 Å². The number of thiocarbonyl (C=S) groups is 1. The fourth-order valence-electron chi connectivity index (χ4n) is 4.13. The molecule has 0 saturated carbocycles. The van der Waals surface area contributed by atoms with Gasteiger partial charge >= 0.3 is 0 Å². The lowest BCUT2D eigenvalue weighted by Gasteiger charge is -2.49. The van der Waals surface area contributed by atoms with Crippen LogP contribution in [0.2, 0.25) is 0 Å². The third kappa shape index (κ3) is 3.09. The van der Waals surface area contributed by atoms with Gasteiger partial charge in [-0.1, -0.05) is 13.8 Å². The molecular formula is C20H27NO4S. The van der Waals surface area contributed by atoms with Crippen LogP contribution < -0.4 is 4.74 Å². The Hall–Kier alpha value is -1.66. The Balaban J connectivity index is 2.12. The first kappa shape index (κ1) is 19.1. The molecular weight excluding hydrogens is 350 g/mol. The minimum absolute atomic E-state index is 0.0916. The van der Waals surface area contributed by atoms with Gasteiger partial charge in [0.2, 0.25) is 5.91 Å². The van der Waals surface area contributed by atoms with Gasteiger partial charge in [-0.05, 0) is 56.1 Å². The molecule has 1 fully saturated rings. The lowest BCUT2D eigenvalue weighted by atomic mass is 9.79. The van der Waals surface area contributed by atoms with Crippen molar-refractivity contribution in [1.82, 2.24) is 4.90 Å². The van der Waals surface area contributed by atoms with Crippen molar-refractivity contribution in [2.24, 2.45) is 0 Å². The maximum Gasteiger partial charge on any atom is 0.223 e. The van der Waals surface area contributed by atoms with E-state index in [2.05, 4.69) is 0 Å². The van der Waals surface area contributed by atoms with E-state index in [1.807, 2.05) is 36.9 Å². The van der Waals surface area contributed by atoms with E-state index in [0.717, 1.165) is 24.0 Å². The van der Waals surface area contributed by atoms with Gasteiger partial charge in [-0.15, -0.1) is 0 Å². The number of hydrogen-bond donors (Lipinski definition) is 1. The number of hydrogen-bond acceptors (Lipinski definition) is 5. The number of amides is 1. The van der Waals surface area contributed by atoms with Crippen molar-refractivity contribution in [3.05, 3.63) is 29.3 Å². The van der Waals surface area contributed by atoms with Crippen molar-refractivity contribution in [2.75, 3.05) is 13.7 Å². The van der Waals surface area contributed by atoms with Crippen LogP contribution in [0.15, 0.2) is 18.2 Å². The number of carbonyl (C=O) groups is 1. The van der Waals surface area contributed by atoms with Crippen LogP contribution in [0.4, 0.5) is 0 Å². The zero-order chi connectivity index (χ0) is 18.9. The van der Waals surface area contributed by atoms with E-state index in [4.69, 9.17) is 21.7 Å². The first-order valence-corrected chi connectivity index (χ1v) is 9.77. The topological polar surface area (TPSA) is 59.0 Å². The number of aliphatic hydroxyl groups is 1. The highest BCUT2D eigenvalue weighted by atomic mass is 32.1. The van der Waals surface area contributed by atoms with E-state index in [0.29, 0.717) is 36.6 Å². The predicted octanol–water partition coefficient (Wildman–Crippen LogP) is 3.37. The standard InChI is InChI=1S/C20H27NO4S/c1-4-20(5-2)18(23)17(21-11-7-6-8-16(21)22)14-12-13(19(26)24-3)9-10-15(14)25-20/h9-10,12,17-18,23H,4-8,11H2,1-3H3/t17-,18+/m0/s1. The van der Waals surface area contributed by atoms with Gasteiger partial charge in [-0.3, -0.25) is 4.79 Å². The molecule has 0 aromatic heterocycles. The van der Waals surface area contributed by atoms with Gasteiger partial charge < -0.3 is 19.5 Å². The van der Waals surface area contributed by atoms with Crippen LogP contribution in [0.25, 0.3) is 0 Å². The van der Waals surface area contributed by atoms with E-state index >= 15 is 0 Å². The molecule has 142 valence electrons. The van der Waals surface area contributed by atoms with Crippen molar-refractivity contribution in [3.63, 3.8) is 0 Å². The van der Waals surface area contributed by atoms with Crippen LogP contribution in [-0.2, 0) is 9.53 Å². The Labute approximate surface area is 160 Å². The molecule has 3 rings (SSSR count). The monoisotopic (exact) mass is 377 g/mol. The van der Waals surface area contributed by atoms with E-state index in [9.17, 15) is 9.90 Å². The third-order valence-corrected chi connectivity index (χ3v) is 6.20. The van der Waals surface area contributed by atoms with Crippen LogP contribution in [0, 0.1) is 0 Å². The molecule has 1 amide bonds. The zero-order valence-electron chi connectivity index (χ0n) is 15.7. The summed E-state index contributed by atoms with van der Waals surface area (Å²) >= 11 is 5.26. The van der Waals surface area contributed by atoms with Crippen LogP contribution in [0.1, 0.15) is 63.1 Å². The second kappa shape index (κ2) is 7.53. The number of ether oxygens (including phenoxy) is 2. The van der Waals surface area contributed by atoms with Gasteiger partial charge in [0.25, 0.3) is 0 Å². The number of methoxy groups -OCH3 is 1. The molecule has 2 aliphatic heterocycles. The summed E-state index contributed by atoms with van der Waals surface area (Å²) in [4.78, 5) is 14.5. The minimum atomic E-state index is -0.793. The van der Waals surface area contributed by atoms with Crippen molar-refractivity contribution < 1.29 is 19.4 Å². The lowest BCUT2D eigenvalue weighted by molar-refractivity contribution is -0.151. The summed E-state index contributed by atoms with van der Waals surface area (Å²) in [5.74, 6) is 0.805. The molecule has 0 bridgehead atoms. The lowest BCUT2D eigenvalue weighted by Crippen LogP contribution is -2.58. The van der Waals surface area contributed by atoms with Crippen molar-refractivity contribution in [3.8, 4) is 5.75 Å². The van der Waals surface area contributed by atoms with E-state index < -0.39 is 17.7 Å². The highest BCUT2D eigenvalue weighted by Crippen LogP contribution is 2.46. The smallest absolute Gasteiger partial charge is 0.223 e. The Kier molecular flexibility index (Phi) is 5.53. The van der Waals surface area contributed by atoms with E-state index in [-0.39, 0.29) is 5.91 Å². The molecule has 5 nitrogen and oxygen atoms in total. The molecule has 6 heteroatoms. The number of rotatable bonds is 4. The Morgan fingerprint density at radius 3 is 2.73 bits per heavy atom. The molecule has 2 heterocycles. The van der Waals surface area contributed by atoms with Gasteiger partial charge in [0, 0.05) is 24.1 Å². The fourth-order valence-corrected chi connectivity index (χ4v) is 4.25. The van der Waals surface area contributed by atoms with Gasteiger partial charge in [-0.25, -0.2) is 0 Å². The molecule has 1 aromatic rings. The normalized spacial score (nSPS) is 24.6. The second-order valence-corrected chi connectivity index (χ2v) is 7.42. The van der Waals surface area contributed by atoms with Gasteiger partial charge in [0.15, 0.2) is 5.05 Å². The van der Waals surface area contributed by atoms with Crippen LogP contribution in [-0.4, -0.2) is 46.3 Å². The number of piperidine rings is 1. The quantitative estimate of drug-likeness (QED) is 0.815. The summed E-state index contributed by atoms with van der Waals surface area (Å²) in [6.45, 7) is 4.69. The minimum Gasteiger partial charge on any atom is -0.486 e. The largest absolute Gasteiger partial charge is 0.486 e. The van der Waals surface area contributed by atoms with Crippen molar-refractivity contribution in [1.29, 1.82) is 0 Å².